The first-order valence-corrected chi connectivity index (χ1v) is 12.7. The highest BCUT2D eigenvalue weighted by atomic mass is 16.6. The van der Waals surface area contributed by atoms with E-state index in [1.807, 2.05) is 24.3 Å². The van der Waals surface area contributed by atoms with Gasteiger partial charge >= 0.3 is 0 Å². The first kappa shape index (κ1) is 25.1. The Bertz CT molecular complexity index is 1100. The summed E-state index contributed by atoms with van der Waals surface area (Å²) in [5, 5.41) is 11.5. The Labute approximate surface area is 208 Å². The number of hydrogen-bond donors (Lipinski definition) is 0. The van der Waals surface area contributed by atoms with Gasteiger partial charge in [-0.05, 0) is 79.7 Å². The summed E-state index contributed by atoms with van der Waals surface area (Å²) in [6.07, 6.45) is 7.77. The van der Waals surface area contributed by atoms with E-state index in [9.17, 15) is 10.1 Å². The molecule has 6 heteroatoms. The van der Waals surface area contributed by atoms with E-state index in [0.29, 0.717) is 18.8 Å². The molecule has 0 amide bonds. The van der Waals surface area contributed by atoms with Crippen molar-refractivity contribution in [2.75, 3.05) is 26.2 Å². The summed E-state index contributed by atoms with van der Waals surface area (Å²) in [7, 11) is 0. The standard InChI is InChI=1S/C29H36N2O4/c1-22-9-10-26(20-28(22)31(32)33)25-12-11-24(18-23(2)29-8-7-16-35-29)27(19-25)21-34-17-15-30-13-5-3-4-6-14-30/h7-12,16,19-20,23H,3-6,13-15,17-18,21H2,1-2H3. The molecule has 2 heterocycles. The second-order valence-electron chi connectivity index (χ2n) is 9.67. The fourth-order valence-corrected chi connectivity index (χ4v) is 4.86. The molecular weight excluding hydrogens is 440 g/mol. The molecule has 6 nitrogen and oxygen atoms in total. The van der Waals surface area contributed by atoms with Gasteiger partial charge in [0.25, 0.3) is 5.69 Å². The monoisotopic (exact) mass is 476 g/mol. The summed E-state index contributed by atoms with van der Waals surface area (Å²) in [5.41, 5.74) is 4.97. The highest BCUT2D eigenvalue weighted by molar-refractivity contribution is 5.68. The number of benzene rings is 2. The van der Waals surface area contributed by atoms with Gasteiger partial charge in [-0.15, -0.1) is 0 Å². The van der Waals surface area contributed by atoms with Crippen molar-refractivity contribution in [1.82, 2.24) is 4.90 Å². The van der Waals surface area contributed by atoms with Crippen LogP contribution in [0.1, 0.15) is 61.0 Å². The zero-order valence-corrected chi connectivity index (χ0v) is 20.9. The van der Waals surface area contributed by atoms with Crippen molar-refractivity contribution >= 4 is 5.69 Å². The van der Waals surface area contributed by atoms with Gasteiger partial charge in [0.2, 0.25) is 0 Å². The third-order valence-electron chi connectivity index (χ3n) is 7.01. The minimum Gasteiger partial charge on any atom is -0.469 e. The molecule has 1 fully saturated rings. The lowest BCUT2D eigenvalue weighted by Crippen LogP contribution is -2.28. The molecule has 1 atom stereocenters. The lowest BCUT2D eigenvalue weighted by molar-refractivity contribution is -0.385. The SMILES string of the molecule is Cc1ccc(-c2ccc(CC(C)c3ccco3)c(COCCN3CCCCCC3)c2)cc1[N+](=O)[O-]. The topological polar surface area (TPSA) is 68.8 Å². The lowest BCUT2D eigenvalue weighted by Gasteiger charge is -2.20. The Hall–Kier alpha value is -2.96. The summed E-state index contributed by atoms with van der Waals surface area (Å²) in [6, 6.07) is 15.7. The van der Waals surface area contributed by atoms with Crippen LogP contribution >= 0.6 is 0 Å². The van der Waals surface area contributed by atoms with Crippen LogP contribution in [0.5, 0.6) is 0 Å². The molecule has 1 aromatic heterocycles. The zero-order chi connectivity index (χ0) is 24.6. The maximum Gasteiger partial charge on any atom is 0.272 e. The van der Waals surface area contributed by atoms with Gasteiger partial charge in [0, 0.05) is 24.1 Å². The van der Waals surface area contributed by atoms with Gasteiger partial charge in [-0.3, -0.25) is 10.1 Å². The fraction of sp³-hybridized carbons (Fsp3) is 0.448. The Morgan fingerprint density at radius 1 is 1.03 bits per heavy atom. The van der Waals surface area contributed by atoms with Gasteiger partial charge in [-0.2, -0.15) is 0 Å². The Morgan fingerprint density at radius 3 is 2.49 bits per heavy atom. The smallest absolute Gasteiger partial charge is 0.272 e. The number of likely N-dealkylation sites (tertiary alicyclic amines) is 1. The number of ether oxygens (including phenoxy) is 1. The van der Waals surface area contributed by atoms with Gasteiger partial charge in [-0.25, -0.2) is 0 Å². The van der Waals surface area contributed by atoms with Crippen molar-refractivity contribution in [3.05, 3.63) is 87.4 Å². The number of nitrogens with zero attached hydrogens (tertiary/aromatic N) is 2. The second-order valence-corrected chi connectivity index (χ2v) is 9.67. The molecule has 35 heavy (non-hydrogen) atoms. The van der Waals surface area contributed by atoms with Crippen molar-refractivity contribution in [2.45, 2.75) is 58.5 Å². The molecule has 0 saturated carbocycles. The van der Waals surface area contributed by atoms with Gasteiger partial charge in [0.15, 0.2) is 0 Å². The summed E-state index contributed by atoms with van der Waals surface area (Å²) in [6.45, 7) is 8.45. The molecule has 0 aliphatic carbocycles. The molecule has 1 aliphatic heterocycles. The average Bonchev–Trinajstić information content (AvgIpc) is 3.27. The van der Waals surface area contributed by atoms with E-state index in [-0.39, 0.29) is 16.5 Å². The van der Waals surface area contributed by atoms with Crippen molar-refractivity contribution < 1.29 is 14.1 Å². The van der Waals surface area contributed by atoms with Crippen molar-refractivity contribution in [3.63, 3.8) is 0 Å². The number of furan rings is 1. The number of aryl methyl sites for hydroxylation is 1. The van der Waals surface area contributed by atoms with E-state index in [4.69, 9.17) is 9.15 Å². The normalized spacial score (nSPS) is 15.6. The van der Waals surface area contributed by atoms with E-state index in [2.05, 4.69) is 30.0 Å². The third kappa shape index (κ3) is 6.80. The van der Waals surface area contributed by atoms with Crippen molar-refractivity contribution in [3.8, 4) is 11.1 Å². The van der Waals surface area contributed by atoms with Crippen LogP contribution in [0.4, 0.5) is 5.69 Å². The highest BCUT2D eigenvalue weighted by Crippen LogP contribution is 2.30. The molecule has 186 valence electrons. The van der Waals surface area contributed by atoms with Crippen LogP contribution in [0.3, 0.4) is 0 Å². The fourth-order valence-electron chi connectivity index (χ4n) is 4.86. The van der Waals surface area contributed by atoms with Crippen LogP contribution in [0, 0.1) is 17.0 Å². The minimum atomic E-state index is -0.314. The molecule has 1 saturated heterocycles. The molecule has 0 N–H and O–H groups in total. The first-order valence-electron chi connectivity index (χ1n) is 12.7. The molecule has 0 bridgehead atoms. The van der Waals surface area contributed by atoms with Crippen LogP contribution in [0.2, 0.25) is 0 Å². The van der Waals surface area contributed by atoms with Crippen LogP contribution in [0.25, 0.3) is 11.1 Å². The van der Waals surface area contributed by atoms with Crippen LogP contribution in [-0.2, 0) is 17.8 Å². The molecule has 1 aliphatic rings. The van der Waals surface area contributed by atoms with Gasteiger partial charge < -0.3 is 14.1 Å². The van der Waals surface area contributed by atoms with E-state index < -0.39 is 0 Å². The Morgan fingerprint density at radius 2 is 1.77 bits per heavy atom. The third-order valence-corrected chi connectivity index (χ3v) is 7.01. The highest BCUT2D eigenvalue weighted by Gasteiger charge is 2.16. The molecule has 1 unspecified atom stereocenters. The van der Waals surface area contributed by atoms with Gasteiger partial charge in [0.1, 0.15) is 5.76 Å². The van der Waals surface area contributed by atoms with Crippen molar-refractivity contribution in [2.24, 2.45) is 0 Å². The Balaban J connectivity index is 1.51. The maximum atomic E-state index is 11.5. The lowest BCUT2D eigenvalue weighted by atomic mass is 9.92. The molecule has 4 rings (SSSR count). The van der Waals surface area contributed by atoms with Crippen LogP contribution in [0.15, 0.2) is 59.2 Å². The minimum absolute atomic E-state index is 0.147. The number of hydrogen-bond acceptors (Lipinski definition) is 5. The summed E-state index contributed by atoms with van der Waals surface area (Å²) < 4.78 is 11.8. The predicted octanol–water partition coefficient (Wildman–Crippen LogP) is 6.90. The first-order chi connectivity index (χ1) is 17.0. The summed E-state index contributed by atoms with van der Waals surface area (Å²) in [4.78, 5) is 13.7. The average molecular weight is 477 g/mol. The largest absolute Gasteiger partial charge is 0.469 e. The molecular formula is C29H36N2O4. The van der Waals surface area contributed by atoms with Gasteiger partial charge in [0.05, 0.1) is 24.4 Å². The van der Waals surface area contributed by atoms with Gasteiger partial charge in [-0.1, -0.05) is 44.0 Å². The Kier molecular flexibility index (Phi) is 8.72. The summed E-state index contributed by atoms with van der Waals surface area (Å²) in [5.74, 6) is 1.21. The van der Waals surface area contributed by atoms with E-state index in [1.54, 1.807) is 19.3 Å². The van der Waals surface area contributed by atoms with Crippen LogP contribution < -0.4 is 0 Å². The van der Waals surface area contributed by atoms with E-state index in [1.165, 1.54) is 31.2 Å². The maximum absolute atomic E-state index is 11.5. The number of rotatable bonds is 10. The quantitative estimate of drug-likeness (QED) is 0.181. The predicted molar refractivity (Wildman–Crippen MR) is 139 cm³/mol. The number of nitro benzene ring substituents is 1. The van der Waals surface area contributed by atoms with E-state index in [0.717, 1.165) is 48.5 Å². The molecule has 2 aromatic carbocycles. The van der Waals surface area contributed by atoms with Crippen LogP contribution in [-0.4, -0.2) is 36.1 Å². The number of nitro groups is 1. The summed E-state index contributed by atoms with van der Waals surface area (Å²) >= 11 is 0. The molecule has 0 radical (unpaired) electrons. The zero-order valence-electron chi connectivity index (χ0n) is 20.9. The molecule has 3 aromatic rings. The molecule has 0 spiro atoms. The van der Waals surface area contributed by atoms with Crippen molar-refractivity contribution in [1.29, 1.82) is 0 Å². The van der Waals surface area contributed by atoms with E-state index >= 15 is 0 Å². The second kappa shape index (κ2) is 12.1.